The summed E-state index contributed by atoms with van der Waals surface area (Å²) in [6.45, 7) is 0.386. The average Bonchev–Trinajstić information content (AvgIpc) is 2.48. The number of benzene rings is 2. The second-order valence-electron chi connectivity index (χ2n) is 4.58. The quantitative estimate of drug-likeness (QED) is 0.783. The van der Waals surface area contributed by atoms with Crippen LogP contribution >= 0.6 is 0 Å². The van der Waals surface area contributed by atoms with Crippen LogP contribution in [0.2, 0.25) is 0 Å². The summed E-state index contributed by atoms with van der Waals surface area (Å²) in [5, 5.41) is 11.5. The molecule has 0 fully saturated rings. The van der Waals surface area contributed by atoms with Crippen molar-refractivity contribution in [1.82, 2.24) is 0 Å². The Hall–Kier alpha value is -2.66. The van der Waals surface area contributed by atoms with Gasteiger partial charge in [0.15, 0.2) is 0 Å². The van der Waals surface area contributed by atoms with E-state index in [4.69, 9.17) is 10.8 Å². The zero-order valence-electron chi connectivity index (χ0n) is 11.4. The minimum absolute atomic E-state index is 0.168. The zero-order valence-corrected chi connectivity index (χ0v) is 11.4. The molecule has 2 aromatic carbocycles. The first kappa shape index (κ1) is 14.7. The predicted molar refractivity (Wildman–Crippen MR) is 80.1 cm³/mol. The van der Waals surface area contributed by atoms with Crippen LogP contribution in [0, 0.1) is 0 Å². The first-order valence-electron chi connectivity index (χ1n) is 6.50. The van der Waals surface area contributed by atoms with Crippen molar-refractivity contribution in [3.63, 3.8) is 0 Å². The number of rotatable bonds is 5. The molecule has 5 heteroatoms. The summed E-state index contributed by atoms with van der Waals surface area (Å²) in [5.74, 6) is -1.16. The van der Waals surface area contributed by atoms with Gasteiger partial charge in [0, 0.05) is 12.2 Å². The second-order valence-corrected chi connectivity index (χ2v) is 4.58. The largest absolute Gasteiger partial charge is 0.478 e. The number of carboxylic acids is 1. The average molecular weight is 284 g/mol. The van der Waals surface area contributed by atoms with Crippen molar-refractivity contribution >= 4 is 17.6 Å². The molecule has 0 atom stereocenters. The maximum absolute atomic E-state index is 12.0. The molecular formula is C16H16N2O3. The fourth-order valence-corrected chi connectivity index (χ4v) is 2.00. The molecule has 108 valence electrons. The molecule has 0 aromatic heterocycles. The van der Waals surface area contributed by atoms with E-state index in [-0.39, 0.29) is 17.9 Å². The molecule has 0 bridgehead atoms. The number of hydrogen-bond acceptors (Lipinski definition) is 3. The Labute approximate surface area is 122 Å². The number of carbonyl (C=O) groups is 2. The van der Waals surface area contributed by atoms with Crippen molar-refractivity contribution in [2.45, 2.75) is 13.0 Å². The Morgan fingerprint density at radius 3 is 2.19 bits per heavy atom. The lowest BCUT2D eigenvalue weighted by atomic mass is 10.0. The molecule has 4 N–H and O–H groups in total. The Morgan fingerprint density at radius 2 is 1.62 bits per heavy atom. The lowest BCUT2D eigenvalue weighted by Gasteiger charge is -2.08. The van der Waals surface area contributed by atoms with Crippen molar-refractivity contribution in [2.75, 3.05) is 5.32 Å². The molecule has 2 rings (SSSR count). The van der Waals surface area contributed by atoms with Crippen LogP contribution in [0.4, 0.5) is 5.69 Å². The van der Waals surface area contributed by atoms with Crippen molar-refractivity contribution in [1.29, 1.82) is 0 Å². The van der Waals surface area contributed by atoms with Crippen LogP contribution in [-0.4, -0.2) is 17.0 Å². The van der Waals surface area contributed by atoms with Gasteiger partial charge >= 0.3 is 5.97 Å². The Bertz CT molecular complexity index is 651. The standard InChI is InChI=1S/C16H16N2O3/c17-10-13-4-2-1-3-12(13)9-15(19)18-14-7-5-11(6-8-14)16(20)21/h1-8H,9-10,17H2,(H,18,19)(H,20,21). The molecule has 0 unspecified atom stereocenters. The number of nitrogens with two attached hydrogens (primary N) is 1. The van der Waals surface area contributed by atoms with Crippen LogP contribution in [0.15, 0.2) is 48.5 Å². The maximum atomic E-state index is 12.0. The van der Waals surface area contributed by atoms with E-state index in [0.717, 1.165) is 11.1 Å². The fraction of sp³-hybridized carbons (Fsp3) is 0.125. The van der Waals surface area contributed by atoms with E-state index in [1.165, 1.54) is 12.1 Å². The van der Waals surface area contributed by atoms with Crippen LogP contribution < -0.4 is 11.1 Å². The topological polar surface area (TPSA) is 92.4 Å². The van der Waals surface area contributed by atoms with Gasteiger partial charge in [-0.2, -0.15) is 0 Å². The molecule has 0 spiro atoms. The van der Waals surface area contributed by atoms with Gasteiger partial charge in [0.2, 0.25) is 5.91 Å². The van der Waals surface area contributed by atoms with Gasteiger partial charge in [-0.3, -0.25) is 4.79 Å². The smallest absolute Gasteiger partial charge is 0.335 e. The molecule has 1 amide bonds. The van der Waals surface area contributed by atoms with Crippen molar-refractivity contribution in [3.05, 3.63) is 65.2 Å². The lowest BCUT2D eigenvalue weighted by Crippen LogP contribution is -2.16. The maximum Gasteiger partial charge on any atom is 0.335 e. The number of amides is 1. The van der Waals surface area contributed by atoms with Gasteiger partial charge in [-0.05, 0) is 35.4 Å². The van der Waals surface area contributed by atoms with Gasteiger partial charge < -0.3 is 16.2 Å². The number of carbonyl (C=O) groups excluding carboxylic acids is 1. The summed E-state index contributed by atoms with van der Waals surface area (Å²) in [4.78, 5) is 22.7. The minimum atomic E-state index is -0.996. The monoisotopic (exact) mass is 284 g/mol. The molecule has 2 aromatic rings. The predicted octanol–water partition coefficient (Wildman–Crippen LogP) is 2.02. The van der Waals surface area contributed by atoms with Crippen molar-refractivity contribution in [3.8, 4) is 0 Å². The first-order chi connectivity index (χ1) is 10.1. The van der Waals surface area contributed by atoms with Gasteiger partial charge in [-0.1, -0.05) is 24.3 Å². The van der Waals surface area contributed by atoms with Gasteiger partial charge in [0.05, 0.1) is 12.0 Å². The Balaban J connectivity index is 2.03. The lowest BCUT2D eigenvalue weighted by molar-refractivity contribution is -0.115. The van der Waals surface area contributed by atoms with Gasteiger partial charge in [-0.25, -0.2) is 4.79 Å². The highest BCUT2D eigenvalue weighted by Crippen LogP contribution is 2.12. The summed E-state index contributed by atoms with van der Waals surface area (Å²) < 4.78 is 0. The van der Waals surface area contributed by atoms with Crippen LogP contribution in [-0.2, 0) is 17.8 Å². The molecule has 0 radical (unpaired) electrons. The Morgan fingerprint density at radius 1 is 1.00 bits per heavy atom. The highest BCUT2D eigenvalue weighted by molar-refractivity contribution is 5.93. The normalized spacial score (nSPS) is 10.1. The van der Waals surface area contributed by atoms with Crippen LogP contribution in [0.1, 0.15) is 21.5 Å². The second kappa shape index (κ2) is 6.67. The molecule has 5 nitrogen and oxygen atoms in total. The number of carboxylic acid groups (broad SMARTS) is 1. The first-order valence-corrected chi connectivity index (χ1v) is 6.50. The molecule has 0 aliphatic carbocycles. The van der Waals surface area contributed by atoms with Crippen LogP contribution in [0.25, 0.3) is 0 Å². The summed E-state index contributed by atoms with van der Waals surface area (Å²) in [6.07, 6.45) is 0.230. The van der Waals surface area contributed by atoms with E-state index < -0.39 is 5.97 Å². The number of anilines is 1. The van der Waals surface area contributed by atoms with E-state index in [9.17, 15) is 9.59 Å². The van der Waals surface area contributed by atoms with Crippen molar-refractivity contribution < 1.29 is 14.7 Å². The third-order valence-corrected chi connectivity index (χ3v) is 3.10. The highest BCUT2D eigenvalue weighted by atomic mass is 16.4. The molecule has 0 saturated carbocycles. The third-order valence-electron chi connectivity index (χ3n) is 3.10. The third kappa shape index (κ3) is 3.90. The van der Waals surface area contributed by atoms with E-state index in [1.54, 1.807) is 12.1 Å². The molecule has 0 aliphatic rings. The minimum Gasteiger partial charge on any atom is -0.478 e. The van der Waals surface area contributed by atoms with E-state index in [2.05, 4.69) is 5.32 Å². The van der Waals surface area contributed by atoms with Gasteiger partial charge in [-0.15, -0.1) is 0 Å². The number of hydrogen-bond donors (Lipinski definition) is 3. The van der Waals surface area contributed by atoms with E-state index in [1.807, 2.05) is 24.3 Å². The van der Waals surface area contributed by atoms with Crippen LogP contribution in [0.5, 0.6) is 0 Å². The van der Waals surface area contributed by atoms with Gasteiger partial charge in [0.1, 0.15) is 0 Å². The molecular weight excluding hydrogens is 268 g/mol. The number of nitrogens with one attached hydrogen (secondary N) is 1. The molecule has 0 saturated heterocycles. The van der Waals surface area contributed by atoms with Crippen LogP contribution in [0.3, 0.4) is 0 Å². The fourth-order valence-electron chi connectivity index (χ4n) is 2.00. The highest BCUT2D eigenvalue weighted by Gasteiger charge is 2.08. The summed E-state index contributed by atoms with van der Waals surface area (Å²) in [5.41, 5.74) is 8.21. The summed E-state index contributed by atoms with van der Waals surface area (Å²) in [6, 6.07) is 13.5. The molecule has 21 heavy (non-hydrogen) atoms. The molecule has 0 heterocycles. The Kier molecular flexibility index (Phi) is 4.68. The van der Waals surface area contributed by atoms with E-state index in [0.29, 0.717) is 12.2 Å². The van der Waals surface area contributed by atoms with E-state index >= 15 is 0 Å². The summed E-state index contributed by atoms with van der Waals surface area (Å²) >= 11 is 0. The van der Waals surface area contributed by atoms with Gasteiger partial charge in [0.25, 0.3) is 0 Å². The molecule has 0 aliphatic heterocycles. The van der Waals surface area contributed by atoms with Crippen molar-refractivity contribution in [2.24, 2.45) is 5.73 Å². The zero-order chi connectivity index (χ0) is 15.2. The SMILES string of the molecule is NCc1ccccc1CC(=O)Nc1ccc(C(=O)O)cc1. The summed E-state index contributed by atoms with van der Waals surface area (Å²) in [7, 11) is 0. The number of aromatic carboxylic acids is 1.